The molecule has 2 atom stereocenters. The zero-order chi connectivity index (χ0) is 22.9. The van der Waals surface area contributed by atoms with Gasteiger partial charge in [-0.15, -0.1) is 0 Å². The van der Waals surface area contributed by atoms with Gasteiger partial charge in [-0.25, -0.2) is 9.18 Å². The van der Waals surface area contributed by atoms with E-state index in [1.165, 1.54) is 13.2 Å². The maximum absolute atomic E-state index is 14.2. The molecule has 1 N–H and O–H groups in total. The Morgan fingerprint density at radius 2 is 1.97 bits per heavy atom. The lowest BCUT2D eigenvalue weighted by molar-refractivity contribution is -0.00118. The van der Waals surface area contributed by atoms with E-state index in [1.807, 2.05) is 27.7 Å². The van der Waals surface area contributed by atoms with E-state index in [0.717, 1.165) is 18.4 Å². The molecule has 2 aromatic rings. The number of furan rings is 1. The Balaban J connectivity index is 1.82. The van der Waals surface area contributed by atoms with Crippen molar-refractivity contribution in [1.82, 2.24) is 4.90 Å². The van der Waals surface area contributed by atoms with E-state index >= 15 is 0 Å². The highest BCUT2D eigenvalue weighted by molar-refractivity contribution is 5.70. The molecule has 0 radical (unpaired) electrons. The smallest absolute Gasteiger partial charge is 0.410 e. The van der Waals surface area contributed by atoms with Gasteiger partial charge < -0.3 is 23.9 Å². The summed E-state index contributed by atoms with van der Waals surface area (Å²) in [6.45, 7) is 9.99. The predicted octanol–water partition coefficient (Wildman–Crippen LogP) is 5.39. The number of methoxy groups -OCH3 is 1. The second-order valence-electron chi connectivity index (χ2n) is 9.24. The summed E-state index contributed by atoms with van der Waals surface area (Å²) in [4.78, 5) is 14.1. The summed E-state index contributed by atoms with van der Waals surface area (Å²) in [5, 5.41) is 11.0. The lowest BCUT2D eigenvalue weighted by Gasteiger charge is -2.35. The molecule has 3 rings (SSSR count). The van der Waals surface area contributed by atoms with Gasteiger partial charge in [-0.2, -0.15) is 0 Å². The minimum Gasteiger partial charge on any atom is -0.496 e. The molecule has 31 heavy (non-hydrogen) atoms. The largest absolute Gasteiger partial charge is 0.496 e. The number of likely N-dealkylation sites (tertiary alicyclic amines) is 1. The van der Waals surface area contributed by atoms with Crippen LogP contribution in [0.15, 0.2) is 22.6 Å². The highest BCUT2D eigenvalue weighted by Gasteiger charge is 2.33. The number of amides is 1. The standard InChI is InChI=1S/C24H32FNO5/c1-14-10-19(29-6)17(12-18(14)25)22-15(2)11-20(30-22)21(27)16-8-7-9-26(13-16)23(28)31-24(3,4)5/h10-12,16,21,27H,7-9,13H2,1-6H3/t16-,21?/m1/s1. The third-order valence-corrected chi connectivity index (χ3v) is 5.51. The van der Waals surface area contributed by atoms with Crippen molar-refractivity contribution >= 4 is 6.09 Å². The van der Waals surface area contributed by atoms with Crippen LogP contribution in [0.3, 0.4) is 0 Å². The van der Waals surface area contributed by atoms with Gasteiger partial charge in [0, 0.05) is 19.0 Å². The Hall–Kier alpha value is -2.54. The second kappa shape index (κ2) is 8.91. The summed E-state index contributed by atoms with van der Waals surface area (Å²) in [5.41, 5.74) is 1.18. The molecule has 1 aliphatic rings. The minimum absolute atomic E-state index is 0.184. The number of carbonyl (C=O) groups is 1. The Bertz CT molecular complexity index is 946. The topological polar surface area (TPSA) is 72.1 Å². The fourth-order valence-corrected chi connectivity index (χ4v) is 3.91. The molecule has 0 saturated carbocycles. The van der Waals surface area contributed by atoms with Crippen molar-refractivity contribution in [3.8, 4) is 17.1 Å². The first-order valence-electron chi connectivity index (χ1n) is 10.6. The van der Waals surface area contributed by atoms with E-state index in [0.29, 0.717) is 41.5 Å². The van der Waals surface area contributed by atoms with Crippen LogP contribution in [0.4, 0.5) is 9.18 Å². The molecule has 1 amide bonds. The molecule has 7 heteroatoms. The van der Waals surface area contributed by atoms with Crippen molar-refractivity contribution in [2.45, 2.75) is 59.2 Å². The summed E-state index contributed by atoms with van der Waals surface area (Å²) in [6.07, 6.45) is 0.266. The van der Waals surface area contributed by atoms with Gasteiger partial charge in [0.15, 0.2) is 0 Å². The number of ether oxygens (including phenoxy) is 2. The zero-order valence-electron chi connectivity index (χ0n) is 19.1. The highest BCUT2D eigenvalue weighted by atomic mass is 19.1. The summed E-state index contributed by atoms with van der Waals surface area (Å²) >= 11 is 0. The van der Waals surface area contributed by atoms with Gasteiger partial charge in [0.2, 0.25) is 0 Å². The number of benzene rings is 1. The van der Waals surface area contributed by atoms with Gasteiger partial charge >= 0.3 is 6.09 Å². The molecule has 0 aliphatic carbocycles. The monoisotopic (exact) mass is 433 g/mol. The predicted molar refractivity (Wildman–Crippen MR) is 116 cm³/mol. The first kappa shape index (κ1) is 23.1. The minimum atomic E-state index is -0.890. The van der Waals surface area contributed by atoms with Gasteiger partial charge in [-0.3, -0.25) is 0 Å². The number of hydrogen-bond acceptors (Lipinski definition) is 5. The summed E-state index contributed by atoms with van der Waals surface area (Å²) < 4.78 is 31.1. The van der Waals surface area contributed by atoms with Gasteiger partial charge in [0.1, 0.15) is 34.8 Å². The van der Waals surface area contributed by atoms with Crippen LogP contribution in [0, 0.1) is 25.6 Å². The van der Waals surface area contributed by atoms with Crippen molar-refractivity contribution in [2.24, 2.45) is 5.92 Å². The lowest BCUT2D eigenvalue weighted by atomic mass is 9.91. The SMILES string of the molecule is COc1cc(C)c(F)cc1-c1oc(C(O)[C@@H]2CCCN(C(=O)OC(C)(C)C)C2)cc1C. The van der Waals surface area contributed by atoms with Crippen molar-refractivity contribution < 1.29 is 28.2 Å². The van der Waals surface area contributed by atoms with E-state index < -0.39 is 11.7 Å². The number of aliphatic hydroxyl groups is 1. The molecule has 1 aromatic carbocycles. The Morgan fingerprint density at radius 3 is 2.61 bits per heavy atom. The zero-order valence-corrected chi connectivity index (χ0v) is 19.1. The number of rotatable bonds is 4. The number of carbonyl (C=O) groups excluding carboxylic acids is 1. The molecule has 0 spiro atoms. The fourth-order valence-electron chi connectivity index (χ4n) is 3.91. The second-order valence-corrected chi connectivity index (χ2v) is 9.24. The van der Waals surface area contributed by atoms with E-state index in [-0.39, 0.29) is 17.8 Å². The molecule has 6 nitrogen and oxygen atoms in total. The van der Waals surface area contributed by atoms with Crippen LogP contribution >= 0.6 is 0 Å². The molecule has 1 unspecified atom stereocenters. The van der Waals surface area contributed by atoms with E-state index in [2.05, 4.69) is 0 Å². The molecule has 170 valence electrons. The number of piperidine rings is 1. The third kappa shape index (κ3) is 5.21. The van der Waals surface area contributed by atoms with Crippen molar-refractivity contribution in [3.63, 3.8) is 0 Å². The fraction of sp³-hybridized carbons (Fsp3) is 0.542. The maximum atomic E-state index is 14.2. The third-order valence-electron chi connectivity index (χ3n) is 5.51. The normalized spacial score (nSPS) is 18.1. The molecule has 1 aliphatic heterocycles. The van der Waals surface area contributed by atoms with Gasteiger partial charge in [0.25, 0.3) is 0 Å². The average Bonchev–Trinajstić information content (AvgIpc) is 3.09. The van der Waals surface area contributed by atoms with Crippen LogP contribution in [0.2, 0.25) is 0 Å². The first-order chi connectivity index (χ1) is 14.5. The van der Waals surface area contributed by atoms with Crippen LogP contribution in [0.1, 0.15) is 56.6 Å². The van der Waals surface area contributed by atoms with Crippen LogP contribution in [0.5, 0.6) is 5.75 Å². The summed E-state index contributed by atoms with van der Waals surface area (Å²) in [5.74, 6) is 0.827. The van der Waals surface area contributed by atoms with Gasteiger partial charge in [-0.05, 0) is 76.8 Å². The van der Waals surface area contributed by atoms with Gasteiger partial charge in [-0.1, -0.05) is 0 Å². The van der Waals surface area contributed by atoms with E-state index in [9.17, 15) is 14.3 Å². The van der Waals surface area contributed by atoms with Crippen LogP contribution in [-0.2, 0) is 4.74 Å². The highest BCUT2D eigenvalue weighted by Crippen LogP contribution is 2.39. The first-order valence-corrected chi connectivity index (χ1v) is 10.6. The number of aliphatic hydroxyl groups excluding tert-OH is 1. The van der Waals surface area contributed by atoms with Crippen molar-refractivity contribution in [1.29, 1.82) is 0 Å². The molecule has 1 saturated heterocycles. The number of halogens is 1. The molecule has 2 heterocycles. The van der Waals surface area contributed by atoms with Crippen LogP contribution < -0.4 is 4.74 Å². The van der Waals surface area contributed by atoms with Crippen molar-refractivity contribution in [2.75, 3.05) is 20.2 Å². The van der Waals surface area contributed by atoms with E-state index in [4.69, 9.17) is 13.9 Å². The Morgan fingerprint density at radius 1 is 1.26 bits per heavy atom. The molecular formula is C24H32FNO5. The van der Waals surface area contributed by atoms with Crippen molar-refractivity contribution in [3.05, 3.63) is 40.9 Å². The van der Waals surface area contributed by atoms with E-state index in [1.54, 1.807) is 24.0 Å². The average molecular weight is 434 g/mol. The Labute approximate surface area is 182 Å². The number of aryl methyl sites for hydroxylation is 2. The lowest BCUT2D eigenvalue weighted by Crippen LogP contribution is -2.44. The number of nitrogens with zero attached hydrogens (tertiary/aromatic N) is 1. The Kier molecular flexibility index (Phi) is 6.65. The summed E-state index contributed by atoms with van der Waals surface area (Å²) in [7, 11) is 1.53. The number of hydrogen-bond donors (Lipinski definition) is 1. The molecule has 1 fully saturated rings. The molecule has 0 bridgehead atoms. The maximum Gasteiger partial charge on any atom is 0.410 e. The van der Waals surface area contributed by atoms with Crippen LogP contribution in [-0.4, -0.2) is 41.9 Å². The quantitative estimate of drug-likeness (QED) is 0.700. The van der Waals surface area contributed by atoms with Gasteiger partial charge in [0.05, 0.1) is 12.7 Å². The summed E-state index contributed by atoms with van der Waals surface area (Å²) in [6, 6.07) is 4.78. The molecular weight excluding hydrogens is 401 g/mol. The molecule has 1 aromatic heterocycles. The van der Waals surface area contributed by atoms with Crippen LogP contribution in [0.25, 0.3) is 11.3 Å².